The van der Waals surface area contributed by atoms with Crippen LogP contribution in [0.15, 0.2) is 29.4 Å². The molecule has 3 aromatic rings. The minimum Gasteiger partial charge on any atom is -0.346 e. The monoisotopic (exact) mass is 412 g/mol. The van der Waals surface area contributed by atoms with E-state index in [2.05, 4.69) is 25.7 Å². The maximum Gasteiger partial charge on any atom is 0.253 e. The number of aryl methyl sites for hydroxylation is 3. The van der Waals surface area contributed by atoms with Crippen LogP contribution in [-0.2, 0) is 16.0 Å². The van der Waals surface area contributed by atoms with E-state index in [0.717, 1.165) is 34.6 Å². The standard InChI is InChI=1S/C20H24N6O2S/c1-5-15-8-6-7-9-16(15)23-17(27)10-21-18(28)11-29-20-24-19-22-13(3)12(2)14(4)26(19)25-20/h6-9H,5,10-11H2,1-4H3,(H,21,28)(H,23,27). The summed E-state index contributed by atoms with van der Waals surface area (Å²) in [5, 5.41) is 10.3. The lowest BCUT2D eigenvalue weighted by Crippen LogP contribution is -2.34. The second-order valence-corrected chi connectivity index (χ2v) is 7.58. The Hall–Kier alpha value is -2.94. The van der Waals surface area contributed by atoms with Crippen LogP contribution < -0.4 is 10.6 Å². The molecule has 2 aromatic heterocycles. The molecule has 0 aliphatic rings. The van der Waals surface area contributed by atoms with Crippen molar-refractivity contribution in [3.8, 4) is 0 Å². The van der Waals surface area contributed by atoms with Crippen LogP contribution in [-0.4, -0.2) is 43.7 Å². The van der Waals surface area contributed by atoms with Crippen LogP contribution in [0.25, 0.3) is 5.78 Å². The molecule has 0 fully saturated rings. The first-order valence-corrected chi connectivity index (χ1v) is 10.4. The van der Waals surface area contributed by atoms with Crippen molar-refractivity contribution in [1.82, 2.24) is 24.9 Å². The zero-order valence-electron chi connectivity index (χ0n) is 16.9. The molecule has 0 atom stereocenters. The van der Waals surface area contributed by atoms with Gasteiger partial charge in [-0.3, -0.25) is 9.59 Å². The normalized spacial score (nSPS) is 10.9. The van der Waals surface area contributed by atoms with Gasteiger partial charge in [0.15, 0.2) is 0 Å². The molecule has 0 unspecified atom stereocenters. The molecule has 1 aromatic carbocycles. The van der Waals surface area contributed by atoms with Crippen molar-refractivity contribution in [2.45, 2.75) is 39.3 Å². The minimum atomic E-state index is -0.263. The van der Waals surface area contributed by atoms with E-state index < -0.39 is 0 Å². The topological polar surface area (TPSA) is 101 Å². The van der Waals surface area contributed by atoms with Crippen LogP contribution in [0.3, 0.4) is 0 Å². The van der Waals surface area contributed by atoms with E-state index in [-0.39, 0.29) is 24.1 Å². The molecule has 0 radical (unpaired) electrons. The fraction of sp³-hybridized carbons (Fsp3) is 0.350. The first-order chi connectivity index (χ1) is 13.9. The van der Waals surface area contributed by atoms with Gasteiger partial charge >= 0.3 is 0 Å². The van der Waals surface area contributed by atoms with Crippen molar-refractivity contribution < 1.29 is 9.59 Å². The Bertz CT molecular complexity index is 1060. The van der Waals surface area contributed by atoms with E-state index in [9.17, 15) is 9.59 Å². The van der Waals surface area contributed by atoms with Crippen molar-refractivity contribution in [2.24, 2.45) is 0 Å². The molecule has 152 valence electrons. The number of hydrogen-bond acceptors (Lipinski definition) is 6. The van der Waals surface area contributed by atoms with Crippen LogP contribution in [0.5, 0.6) is 0 Å². The lowest BCUT2D eigenvalue weighted by Gasteiger charge is -2.10. The number of aromatic nitrogens is 4. The van der Waals surface area contributed by atoms with Gasteiger partial charge in [0.2, 0.25) is 17.0 Å². The van der Waals surface area contributed by atoms with Crippen molar-refractivity contribution in [1.29, 1.82) is 0 Å². The van der Waals surface area contributed by atoms with Crippen LogP contribution in [0, 0.1) is 20.8 Å². The third kappa shape index (κ3) is 4.92. The highest BCUT2D eigenvalue weighted by atomic mass is 32.2. The Labute approximate surface area is 173 Å². The van der Waals surface area contributed by atoms with Gasteiger partial charge in [0, 0.05) is 17.1 Å². The predicted molar refractivity (Wildman–Crippen MR) is 113 cm³/mol. The van der Waals surface area contributed by atoms with Gasteiger partial charge in [-0.05, 0) is 44.4 Å². The molecule has 0 saturated heterocycles. The molecule has 0 spiro atoms. The van der Waals surface area contributed by atoms with Crippen LogP contribution in [0.4, 0.5) is 5.69 Å². The number of nitrogens with one attached hydrogen (secondary N) is 2. The van der Waals surface area contributed by atoms with Gasteiger partial charge in [0.05, 0.1) is 12.3 Å². The summed E-state index contributed by atoms with van der Waals surface area (Å²) in [6, 6.07) is 7.61. The average molecular weight is 413 g/mol. The third-order valence-corrected chi connectivity index (χ3v) is 5.53. The summed E-state index contributed by atoms with van der Waals surface area (Å²) in [5.41, 5.74) is 4.76. The number of hydrogen-bond donors (Lipinski definition) is 2. The van der Waals surface area contributed by atoms with E-state index in [1.54, 1.807) is 4.52 Å². The van der Waals surface area contributed by atoms with Gasteiger partial charge in [0.1, 0.15) is 0 Å². The van der Waals surface area contributed by atoms with E-state index >= 15 is 0 Å². The van der Waals surface area contributed by atoms with Gasteiger partial charge in [-0.2, -0.15) is 4.98 Å². The maximum atomic E-state index is 12.1. The number of carbonyl (C=O) groups is 2. The molecule has 0 saturated carbocycles. The molecule has 2 N–H and O–H groups in total. The molecular weight excluding hydrogens is 388 g/mol. The Morgan fingerprint density at radius 3 is 2.62 bits per heavy atom. The third-order valence-electron chi connectivity index (χ3n) is 4.69. The second-order valence-electron chi connectivity index (χ2n) is 6.64. The summed E-state index contributed by atoms with van der Waals surface area (Å²) in [4.78, 5) is 33.0. The Morgan fingerprint density at radius 1 is 1.10 bits per heavy atom. The highest BCUT2D eigenvalue weighted by Crippen LogP contribution is 2.17. The van der Waals surface area contributed by atoms with Gasteiger partial charge < -0.3 is 10.6 Å². The smallest absolute Gasteiger partial charge is 0.253 e. The SMILES string of the molecule is CCc1ccccc1NC(=O)CNC(=O)CSc1nc2nc(C)c(C)c(C)n2n1. The fourth-order valence-corrected chi connectivity index (χ4v) is 3.45. The highest BCUT2D eigenvalue weighted by Gasteiger charge is 2.13. The number of para-hydroxylation sites is 1. The molecule has 8 nitrogen and oxygen atoms in total. The van der Waals surface area contributed by atoms with Gasteiger partial charge in [-0.1, -0.05) is 36.9 Å². The Morgan fingerprint density at radius 2 is 1.86 bits per heavy atom. The number of benzene rings is 1. The molecule has 0 bridgehead atoms. The number of nitrogens with zero attached hydrogens (tertiary/aromatic N) is 4. The van der Waals surface area contributed by atoms with Crippen molar-refractivity contribution in [2.75, 3.05) is 17.6 Å². The molecule has 2 heterocycles. The van der Waals surface area contributed by atoms with Gasteiger partial charge in [-0.15, -0.1) is 5.10 Å². The Balaban J connectivity index is 1.52. The lowest BCUT2D eigenvalue weighted by molar-refractivity contribution is -0.122. The molecular formula is C20H24N6O2S. The van der Waals surface area contributed by atoms with Crippen molar-refractivity contribution >= 4 is 35.0 Å². The molecule has 3 rings (SSSR count). The van der Waals surface area contributed by atoms with Crippen LogP contribution in [0.2, 0.25) is 0 Å². The summed E-state index contributed by atoms with van der Waals surface area (Å²) in [5.74, 6) is 0.111. The zero-order chi connectivity index (χ0) is 21.0. The minimum absolute atomic E-state index is 0.0882. The molecule has 0 aliphatic heterocycles. The fourth-order valence-electron chi connectivity index (χ4n) is 2.80. The average Bonchev–Trinajstić information content (AvgIpc) is 3.12. The van der Waals surface area contributed by atoms with Gasteiger partial charge in [-0.25, -0.2) is 9.50 Å². The molecule has 29 heavy (non-hydrogen) atoms. The maximum absolute atomic E-state index is 12.1. The molecule has 2 amide bonds. The number of amides is 2. The first-order valence-electron chi connectivity index (χ1n) is 9.36. The Kier molecular flexibility index (Phi) is 6.48. The summed E-state index contributed by atoms with van der Waals surface area (Å²) in [6.07, 6.45) is 0.818. The summed E-state index contributed by atoms with van der Waals surface area (Å²) in [7, 11) is 0. The predicted octanol–water partition coefficient (Wildman–Crippen LogP) is 2.46. The van der Waals surface area contributed by atoms with E-state index in [1.807, 2.05) is 52.0 Å². The number of carbonyl (C=O) groups excluding carboxylic acids is 2. The molecule has 9 heteroatoms. The number of anilines is 1. The van der Waals surface area contributed by atoms with Crippen LogP contribution >= 0.6 is 11.8 Å². The first kappa shape index (κ1) is 20.8. The second kappa shape index (κ2) is 9.04. The number of thioether (sulfide) groups is 1. The van der Waals surface area contributed by atoms with Crippen LogP contribution in [0.1, 0.15) is 29.4 Å². The number of rotatable bonds is 7. The van der Waals surface area contributed by atoms with Crippen molar-refractivity contribution in [3.05, 3.63) is 46.8 Å². The summed E-state index contributed by atoms with van der Waals surface area (Å²) >= 11 is 1.21. The van der Waals surface area contributed by atoms with Crippen molar-refractivity contribution in [3.63, 3.8) is 0 Å². The largest absolute Gasteiger partial charge is 0.346 e. The highest BCUT2D eigenvalue weighted by molar-refractivity contribution is 7.99. The quantitative estimate of drug-likeness (QED) is 0.578. The molecule has 0 aliphatic carbocycles. The van der Waals surface area contributed by atoms with Gasteiger partial charge in [0.25, 0.3) is 5.78 Å². The zero-order valence-corrected chi connectivity index (χ0v) is 17.8. The summed E-state index contributed by atoms with van der Waals surface area (Å²) in [6.45, 7) is 7.82. The van der Waals surface area contributed by atoms with E-state index in [0.29, 0.717) is 10.9 Å². The number of fused-ring (bicyclic) bond motifs is 1. The van der Waals surface area contributed by atoms with E-state index in [4.69, 9.17) is 0 Å². The van der Waals surface area contributed by atoms with E-state index in [1.165, 1.54) is 11.8 Å². The lowest BCUT2D eigenvalue weighted by atomic mass is 10.1. The summed E-state index contributed by atoms with van der Waals surface area (Å²) < 4.78 is 1.68.